The minimum absolute atomic E-state index is 0.0548. The summed E-state index contributed by atoms with van der Waals surface area (Å²) >= 11 is 0. The number of carbonyl (C=O) groups is 2. The van der Waals surface area contributed by atoms with Crippen molar-refractivity contribution >= 4 is 55.0 Å². The van der Waals surface area contributed by atoms with E-state index in [0.29, 0.717) is 16.3 Å². The Morgan fingerprint density at radius 2 is 1.15 bits per heavy atom. The maximum absolute atomic E-state index is 12.2. The monoisotopic (exact) mass is 712 g/mol. The summed E-state index contributed by atoms with van der Waals surface area (Å²) in [5, 5.41) is 107. The Labute approximate surface area is 292 Å². The highest BCUT2D eigenvalue weighted by Crippen LogP contribution is 2.53. The van der Waals surface area contributed by atoms with E-state index < -0.39 is 66.3 Å². The van der Waals surface area contributed by atoms with Crippen molar-refractivity contribution in [1.29, 1.82) is 0 Å². The van der Waals surface area contributed by atoms with Crippen molar-refractivity contribution in [3.63, 3.8) is 0 Å². The van der Waals surface area contributed by atoms with E-state index in [9.17, 15) is 60.7 Å². The molecule has 14 nitrogen and oxygen atoms in total. The van der Waals surface area contributed by atoms with Crippen LogP contribution in [0.3, 0.4) is 0 Å². The molecule has 6 aromatic rings. The van der Waals surface area contributed by atoms with Gasteiger partial charge in [-0.15, -0.1) is 0 Å². The lowest BCUT2D eigenvalue weighted by atomic mass is 9.83. The van der Waals surface area contributed by atoms with Gasteiger partial charge in [-0.1, -0.05) is 42.5 Å². The fraction of sp³-hybridized carbons (Fsp3) is 0.211. The van der Waals surface area contributed by atoms with E-state index in [0.717, 1.165) is 12.1 Å². The molecule has 14 heteroatoms. The summed E-state index contributed by atoms with van der Waals surface area (Å²) in [6, 6.07) is 15.9. The second-order valence-electron chi connectivity index (χ2n) is 12.7. The second kappa shape index (κ2) is 13.1. The van der Waals surface area contributed by atoms with Crippen LogP contribution in [0.1, 0.15) is 26.3 Å². The van der Waals surface area contributed by atoms with Crippen LogP contribution in [0.15, 0.2) is 66.7 Å². The first-order valence-corrected chi connectivity index (χ1v) is 16.0. The molecule has 6 aromatic carbocycles. The van der Waals surface area contributed by atoms with Crippen LogP contribution < -0.4 is 0 Å². The number of aromatic carboxylic acids is 2. The molecule has 0 aromatic heterocycles. The fourth-order valence-electron chi connectivity index (χ4n) is 7.20. The number of rotatable bonds is 8. The molecule has 0 bridgehead atoms. The van der Waals surface area contributed by atoms with Crippen LogP contribution in [0.4, 0.5) is 0 Å². The SMILES string of the molecule is O=C(O)c1cc(O)c2c(O)c3ccccc3c(-c3c4cc(C(=O)O)cc(O)c4c(O)c4c(COC[C@@H]5OC(CO)[C@@H](O)[C@@H](O)C5O)cccc34)c2c1. The third-order valence-electron chi connectivity index (χ3n) is 9.63. The van der Waals surface area contributed by atoms with Crippen molar-refractivity contribution in [3.05, 3.63) is 83.4 Å². The van der Waals surface area contributed by atoms with Gasteiger partial charge in [-0.25, -0.2) is 9.59 Å². The molecule has 1 aliphatic rings. The first-order valence-electron chi connectivity index (χ1n) is 16.0. The van der Waals surface area contributed by atoms with Gasteiger partial charge in [-0.3, -0.25) is 0 Å². The van der Waals surface area contributed by atoms with Crippen LogP contribution in [-0.2, 0) is 16.1 Å². The summed E-state index contributed by atoms with van der Waals surface area (Å²) in [6.07, 6.45) is -7.05. The molecule has 0 amide bonds. The molecule has 1 saturated heterocycles. The van der Waals surface area contributed by atoms with Crippen molar-refractivity contribution < 1.29 is 70.1 Å². The van der Waals surface area contributed by atoms with Gasteiger partial charge in [0.25, 0.3) is 0 Å². The van der Waals surface area contributed by atoms with Gasteiger partial charge in [0.1, 0.15) is 53.5 Å². The molecule has 2 unspecified atom stereocenters. The Balaban J connectivity index is 1.52. The zero-order chi connectivity index (χ0) is 37.2. The van der Waals surface area contributed by atoms with Crippen LogP contribution >= 0.6 is 0 Å². The predicted molar refractivity (Wildman–Crippen MR) is 186 cm³/mol. The highest BCUT2D eigenvalue weighted by molar-refractivity contribution is 6.28. The third kappa shape index (κ3) is 5.45. The van der Waals surface area contributed by atoms with Gasteiger partial charge >= 0.3 is 11.9 Å². The Morgan fingerprint density at radius 1 is 0.615 bits per heavy atom. The number of fused-ring (bicyclic) bond motifs is 4. The molecule has 1 aliphatic heterocycles. The van der Waals surface area contributed by atoms with Crippen LogP contribution in [0.2, 0.25) is 0 Å². The molecule has 1 heterocycles. The number of hydrogen-bond acceptors (Lipinski definition) is 12. The highest BCUT2D eigenvalue weighted by atomic mass is 16.6. The number of phenolic OH excluding ortho intramolecular Hbond substituents is 4. The number of benzene rings is 6. The third-order valence-corrected chi connectivity index (χ3v) is 9.63. The van der Waals surface area contributed by atoms with Gasteiger partial charge in [-0.2, -0.15) is 0 Å². The molecule has 52 heavy (non-hydrogen) atoms. The first-order chi connectivity index (χ1) is 24.8. The zero-order valence-corrected chi connectivity index (χ0v) is 27.0. The van der Waals surface area contributed by atoms with E-state index >= 15 is 0 Å². The number of aliphatic hydroxyl groups is 4. The fourth-order valence-corrected chi connectivity index (χ4v) is 7.20. The lowest BCUT2D eigenvalue weighted by Crippen LogP contribution is -2.59. The van der Waals surface area contributed by atoms with Crippen LogP contribution in [0, 0.1) is 0 Å². The maximum Gasteiger partial charge on any atom is 0.335 e. The summed E-state index contributed by atoms with van der Waals surface area (Å²) in [5.74, 6) is -4.67. The van der Waals surface area contributed by atoms with Crippen LogP contribution in [-0.4, -0.2) is 107 Å². The Kier molecular flexibility index (Phi) is 8.74. The summed E-state index contributed by atoms with van der Waals surface area (Å²) < 4.78 is 11.4. The van der Waals surface area contributed by atoms with Gasteiger partial charge in [-0.05, 0) is 62.5 Å². The molecule has 1 fully saturated rings. The van der Waals surface area contributed by atoms with Crippen LogP contribution in [0.5, 0.6) is 23.0 Å². The lowest BCUT2D eigenvalue weighted by molar-refractivity contribution is -0.239. The minimum atomic E-state index is -1.62. The minimum Gasteiger partial charge on any atom is -0.507 e. The molecule has 0 radical (unpaired) electrons. The number of phenols is 4. The van der Waals surface area contributed by atoms with Crippen molar-refractivity contribution in [1.82, 2.24) is 0 Å². The van der Waals surface area contributed by atoms with Gasteiger partial charge in [0.2, 0.25) is 0 Å². The van der Waals surface area contributed by atoms with E-state index in [1.807, 2.05) is 0 Å². The normalized spacial score (nSPS) is 20.6. The van der Waals surface area contributed by atoms with Crippen molar-refractivity contribution in [2.75, 3.05) is 13.2 Å². The van der Waals surface area contributed by atoms with Gasteiger partial charge in [0.15, 0.2) is 0 Å². The Bertz CT molecular complexity index is 2440. The Morgan fingerprint density at radius 3 is 1.75 bits per heavy atom. The average Bonchev–Trinajstić information content (AvgIpc) is 3.12. The molecule has 0 saturated carbocycles. The van der Waals surface area contributed by atoms with Crippen LogP contribution in [0.25, 0.3) is 54.2 Å². The number of aromatic hydroxyl groups is 4. The highest BCUT2D eigenvalue weighted by Gasteiger charge is 2.43. The smallest absolute Gasteiger partial charge is 0.335 e. The number of aliphatic hydroxyl groups excluding tert-OH is 4. The largest absolute Gasteiger partial charge is 0.507 e. The number of carboxylic acids is 2. The number of carboxylic acid groups (broad SMARTS) is 2. The van der Waals surface area contributed by atoms with Gasteiger partial charge < -0.3 is 60.5 Å². The second-order valence-corrected chi connectivity index (χ2v) is 12.7. The standard InChI is InChI=1S/C38H32O14/c39-12-25-33(43)36(46)34(44)26(52-25)14-51-13-15-4-3-7-20-27(15)35(45)31-22(9-17(38(49)50)11-24(31)41)29(20)28-18-5-1-2-6-19(18)32(42)30-21(28)8-16(37(47)48)10-23(30)40/h1-11,25-26,33-34,36,39-46H,12-14H2,(H,47,48)(H,49,50)/t25?,26-,33+,34?,36+/m0/s1. The van der Waals surface area contributed by atoms with E-state index in [-0.39, 0.29) is 73.5 Å². The van der Waals surface area contributed by atoms with E-state index in [1.54, 1.807) is 42.5 Å². The van der Waals surface area contributed by atoms with Gasteiger partial charge in [0, 0.05) is 10.8 Å². The molecule has 5 atom stereocenters. The zero-order valence-electron chi connectivity index (χ0n) is 27.0. The molecule has 268 valence electrons. The van der Waals surface area contributed by atoms with Crippen molar-refractivity contribution in [2.24, 2.45) is 0 Å². The maximum atomic E-state index is 12.2. The molecule has 0 aliphatic carbocycles. The van der Waals surface area contributed by atoms with Crippen molar-refractivity contribution in [2.45, 2.75) is 37.1 Å². The van der Waals surface area contributed by atoms with E-state index in [4.69, 9.17) is 9.47 Å². The lowest BCUT2D eigenvalue weighted by Gasteiger charge is -2.39. The summed E-state index contributed by atoms with van der Waals surface area (Å²) in [4.78, 5) is 24.4. The number of ether oxygens (including phenoxy) is 2. The average molecular weight is 713 g/mol. The van der Waals surface area contributed by atoms with E-state index in [2.05, 4.69) is 0 Å². The van der Waals surface area contributed by atoms with Crippen molar-refractivity contribution in [3.8, 4) is 34.1 Å². The topological polar surface area (TPSA) is 255 Å². The molecule has 7 rings (SSSR count). The summed E-state index contributed by atoms with van der Waals surface area (Å²) in [7, 11) is 0. The predicted octanol–water partition coefficient (Wildman–Crippen LogP) is 3.54. The molecule has 0 spiro atoms. The summed E-state index contributed by atoms with van der Waals surface area (Å²) in [5.41, 5.74) is 0.166. The number of hydrogen-bond donors (Lipinski definition) is 10. The molecular formula is C38H32O14. The van der Waals surface area contributed by atoms with Gasteiger partial charge in [0.05, 0.1) is 41.7 Å². The quantitative estimate of drug-likeness (QED) is 0.101. The summed E-state index contributed by atoms with van der Waals surface area (Å²) in [6.45, 7) is -1.20. The van der Waals surface area contributed by atoms with E-state index in [1.165, 1.54) is 12.1 Å². The molecular weight excluding hydrogens is 680 g/mol. The Hall–Kier alpha value is -5.74. The molecule has 10 N–H and O–H groups in total. The first kappa shape index (κ1) is 34.7.